The van der Waals surface area contributed by atoms with Crippen molar-refractivity contribution in [1.82, 2.24) is 4.90 Å². The highest BCUT2D eigenvalue weighted by molar-refractivity contribution is 6.30. The van der Waals surface area contributed by atoms with Crippen molar-refractivity contribution >= 4 is 17.5 Å². The van der Waals surface area contributed by atoms with Gasteiger partial charge in [-0.15, -0.1) is 0 Å². The van der Waals surface area contributed by atoms with E-state index in [2.05, 4.69) is 0 Å². The zero-order valence-electron chi connectivity index (χ0n) is 12.8. The number of amides is 1. The van der Waals surface area contributed by atoms with Crippen molar-refractivity contribution in [2.24, 2.45) is 0 Å². The van der Waals surface area contributed by atoms with Gasteiger partial charge in [0.25, 0.3) is 0 Å². The van der Waals surface area contributed by atoms with Crippen LogP contribution in [0, 0.1) is 0 Å². The van der Waals surface area contributed by atoms with Gasteiger partial charge in [-0.05, 0) is 38.5 Å². The molecule has 116 valence electrons. The third kappa shape index (κ3) is 4.99. The fourth-order valence-electron chi connectivity index (χ4n) is 2.12. The first-order valence-electron chi connectivity index (χ1n) is 7.14. The van der Waals surface area contributed by atoms with Gasteiger partial charge in [0, 0.05) is 11.6 Å². The van der Waals surface area contributed by atoms with Crippen LogP contribution >= 0.6 is 11.6 Å². The molecule has 4 nitrogen and oxygen atoms in total. The van der Waals surface area contributed by atoms with E-state index in [1.807, 2.05) is 45.0 Å². The zero-order valence-corrected chi connectivity index (χ0v) is 13.5. The number of carbonyl (C=O) groups excluding carboxylic acids is 1. The lowest BCUT2D eigenvalue weighted by atomic mass is 10.1. The van der Waals surface area contributed by atoms with Crippen LogP contribution in [0.4, 0.5) is 0 Å². The molecule has 0 radical (unpaired) electrons. The molecule has 0 spiro atoms. The summed E-state index contributed by atoms with van der Waals surface area (Å²) in [5.74, 6) is 0.00666. The zero-order chi connectivity index (χ0) is 15.5. The Morgan fingerprint density at radius 1 is 1.38 bits per heavy atom. The number of carbonyl (C=O) groups is 1. The fourth-order valence-corrected chi connectivity index (χ4v) is 2.25. The number of rotatable bonds is 3. The average Bonchev–Trinajstić information content (AvgIpc) is 2.45. The molecule has 1 fully saturated rings. The van der Waals surface area contributed by atoms with Crippen LogP contribution in [0.15, 0.2) is 24.3 Å². The number of hydrogen-bond donors (Lipinski definition) is 0. The molecule has 0 aliphatic carbocycles. The lowest BCUT2D eigenvalue weighted by Gasteiger charge is -2.33. The normalized spacial score (nSPS) is 19.6. The lowest BCUT2D eigenvalue weighted by molar-refractivity contribution is -0.148. The molecular formula is C16H22ClNO3. The van der Waals surface area contributed by atoms with Crippen LogP contribution in [-0.2, 0) is 14.3 Å². The molecule has 1 aliphatic heterocycles. The summed E-state index contributed by atoms with van der Waals surface area (Å²) in [6.07, 6.45) is -0.102. The highest BCUT2D eigenvalue weighted by Gasteiger charge is 2.26. The Hall–Kier alpha value is -1.10. The van der Waals surface area contributed by atoms with Gasteiger partial charge in [-0.1, -0.05) is 23.7 Å². The average molecular weight is 312 g/mol. The summed E-state index contributed by atoms with van der Waals surface area (Å²) in [6, 6.07) is 7.55. The molecule has 1 aromatic carbocycles. The Morgan fingerprint density at radius 2 is 2.05 bits per heavy atom. The Bertz CT molecular complexity index is 481. The minimum atomic E-state index is -0.308. The van der Waals surface area contributed by atoms with Crippen LogP contribution in [0.5, 0.6) is 0 Å². The van der Waals surface area contributed by atoms with Crippen molar-refractivity contribution in [1.29, 1.82) is 0 Å². The summed E-state index contributed by atoms with van der Waals surface area (Å²) in [5.41, 5.74) is 0.728. The minimum absolute atomic E-state index is 0.00666. The van der Waals surface area contributed by atoms with Gasteiger partial charge in [-0.2, -0.15) is 0 Å². The summed E-state index contributed by atoms with van der Waals surface area (Å²) in [6.45, 7) is 7.62. The largest absolute Gasteiger partial charge is 0.370 e. The molecule has 0 N–H and O–H groups in total. The van der Waals surface area contributed by atoms with E-state index in [-0.39, 0.29) is 24.2 Å². The molecule has 21 heavy (non-hydrogen) atoms. The van der Waals surface area contributed by atoms with Gasteiger partial charge < -0.3 is 14.4 Å². The number of ether oxygens (including phenoxy) is 2. The predicted molar refractivity (Wildman–Crippen MR) is 82.4 cm³/mol. The van der Waals surface area contributed by atoms with Crippen LogP contribution in [0.2, 0.25) is 5.02 Å². The maximum Gasteiger partial charge on any atom is 0.248 e. The van der Waals surface area contributed by atoms with Crippen LogP contribution in [0.1, 0.15) is 32.4 Å². The second kappa shape index (κ2) is 6.77. The van der Waals surface area contributed by atoms with Crippen molar-refractivity contribution in [2.75, 3.05) is 26.3 Å². The van der Waals surface area contributed by atoms with Gasteiger partial charge in [0.15, 0.2) is 0 Å². The summed E-state index contributed by atoms with van der Waals surface area (Å²) in [4.78, 5) is 14.0. The summed E-state index contributed by atoms with van der Waals surface area (Å²) in [7, 11) is 0. The van der Waals surface area contributed by atoms with E-state index in [1.54, 1.807) is 4.90 Å². The molecule has 1 saturated heterocycles. The van der Waals surface area contributed by atoms with Crippen LogP contribution in [0.25, 0.3) is 0 Å². The molecule has 1 amide bonds. The van der Waals surface area contributed by atoms with E-state index in [0.29, 0.717) is 24.7 Å². The smallest absolute Gasteiger partial charge is 0.248 e. The third-order valence-corrected chi connectivity index (χ3v) is 3.54. The first-order chi connectivity index (χ1) is 9.85. The van der Waals surface area contributed by atoms with Crippen molar-refractivity contribution in [2.45, 2.75) is 32.5 Å². The Morgan fingerprint density at radius 3 is 2.67 bits per heavy atom. The third-order valence-electron chi connectivity index (χ3n) is 3.29. The molecule has 0 bridgehead atoms. The first kappa shape index (κ1) is 16.3. The maximum atomic E-state index is 12.2. The summed E-state index contributed by atoms with van der Waals surface area (Å²) >= 11 is 5.89. The second-order valence-electron chi connectivity index (χ2n) is 6.15. The first-order valence-corrected chi connectivity index (χ1v) is 7.52. The van der Waals surface area contributed by atoms with E-state index in [4.69, 9.17) is 21.1 Å². The minimum Gasteiger partial charge on any atom is -0.370 e. The molecular weight excluding hydrogens is 290 g/mol. The van der Waals surface area contributed by atoms with Crippen molar-refractivity contribution in [3.8, 4) is 0 Å². The molecule has 5 heteroatoms. The van der Waals surface area contributed by atoms with E-state index in [1.165, 1.54) is 0 Å². The fraction of sp³-hybridized carbons (Fsp3) is 0.562. The number of benzene rings is 1. The Kier molecular flexibility index (Phi) is 5.25. The van der Waals surface area contributed by atoms with Crippen molar-refractivity contribution < 1.29 is 14.3 Å². The molecule has 1 heterocycles. The van der Waals surface area contributed by atoms with E-state index >= 15 is 0 Å². The van der Waals surface area contributed by atoms with Gasteiger partial charge in [0.05, 0.1) is 18.8 Å². The van der Waals surface area contributed by atoms with Gasteiger partial charge in [-0.3, -0.25) is 4.79 Å². The molecule has 0 saturated carbocycles. The predicted octanol–water partition coefficient (Wildman–Crippen LogP) is 3.06. The lowest BCUT2D eigenvalue weighted by Crippen LogP contribution is -2.44. The van der Waals surface area contributed by atoms with Crippen molar-refractivity contribution in [3.05, 3.63) is 34.9 Å². The van der Waals surface area contributed by atoms with E-state index in [0.717, 1.165) is 5.56 Å². The van der Waals surface area contributed by atoms with Crippen LogP contribution in [0.3, 0.4) is 0 Å². The summed E-state index contributed by atoms with van der Waals surface area (Å²) in [5, 5.41) is 0.695. The molecule has 1 aromatic rings. The second-order valence-corrected chi connectivity index (χ2v) is 6.59. The maximum absolute atomic E-state index is 12.2. The Labute approximate surface area is 131 Å². The standard InChI is InChI=1S/C16H22ClNO3/c1-16(2,3)21-11-15(19)18-8-9-20-14(10-18)12-4-6-13(17)7-5-12/h4-7,14H,8-11H2,1-3H3. The van der Waals surface area contributed by atoms with Gasteiger partial charge in [-0.25, -0.2) is 0 Å². The molecule has 0 aromatic heterocycles. The topological polar surface area (TPSA) is 38.8 Å². The monoisotopic (exact) mass is 311 g/mol. The molecule has 1 aliphatic rings. The van der Waals surface area contributed by atoms with E-state index in [9.17, 15) is 4.79 Å². The Balaban J connectivity index is 1.94. The quantitative estimate of drug-likeness (QED) is 0.861. The van der Waals surface area contributed by atoms with Crippen molar-refractivity contribution in [3.63, 3.8) is 0 Å². The number of morpholine rings is 1. The highest BCUT2D eigenvalue weighted by atomic mass is 35.5. The number of hydrogen-bond acceptors (Lipinski definition) is 3. The van der Waals surface area contributed by atoms with Crippen LogP contribution < -0.4 is 0 Å². The van der Waals surface area contributed by atoms with Crippen LogP contribution in [-0.4, -0.2) is 42.7 Å². The number of nitrogens with zero attached hydrogens (tertiary/aromatic N) is 1. The summed E-state index contributed by atoms with van der Waals surface area (Å²) < 4.78 is 11.3. The van der Waals surface area contributed by atoms with Gasteiger partial charge in [0.2, 0.25) is 5.91 Å². The SMILES string of the molecule is CC(C)(C)OCC(=O)N1CCOC(c2ccc(Cl)cc2)C1. The number of halogens is 1. The van der Waals surface area contributed by atoms with Gasteiger partial charge >= 0.3 is 0 Å². The highest BCUT2D eigenvalue weighted by Crippen LogP contribution is 2.24. The molecule has 1 unspecified atom stereocenters. The van der Waals surface area contributed by atoms with Gasteiger partial charge in [0.1, 0.15) is 12.7 Å². The van der Waals surface area contributed by atoms with E-state index < -0.39 is 0 Å². The molecule has 2 rings (SSSR count). The molecule has 1 atom stereocenters.